The molecule has 0 bridgehead atoms. The lowest BCUT2D eigenvalue weighted by molar-refractivity contribution is 0.0450. The van der Waals surface area contributed by atoms with Crippen LogP contribution in [0.1, 0.15) is 26.3 Å². The van der Waals surface area contributed by atoms with Crippen LogP contribution in [-0.4, -0.2) is 35.2 Å². The second kappa shape index (κ2) is 10.6. The van der Waals surface area contributed by atoms with Gasteiger partial charge in [0.05, 0.1) is 5.56 Å². The lowest BCUT2D eigenvalue weighted by Gasteiger charge is -2.09. The minimum absolute atomic E-state index is 0.0954. The number of ether oxygens (including phenoxy) is 2. The molecule has 1 aromatic heterocycles. The van der Waals surface area contributed by atoms with Crippen LogP contribution in [0.2, 0.25) is 0 Å². The first-order valence-corrected chi connectivity index (χ1v) is 12.4. The number of ketones is 1. The van der Waals surface area contributed by atoms with E-state index >= 15 is 0 Å². The van der Waals surface area contributed by atoms with E-state index < -0.39 is 5.97 Å². The largest absolute Gasteiger partial charge is 0.508 e. The molecule has 0 amide bonds. The summed E-state index contributed by atoms with van der Waals surface area (Å²) in [5.74, 6) is 0.238. The molecule has 4 aromatic carbocycles. The van der Waals surface area contributed by atoms with Gasteiger partial charge in [-0.15, -0.1) is 11.3 Å². The van der Waals surface area contributed by atoms with E-state index in [1.54, 1.807) is 91.0 Å². The van der Waals surface area contributed by atoms with Gasteiger partial charge in [-0.2, -0.15) is 0 Å². The first-order chi connectivity index (χ1) is 18.0. The van der Waals surface area contributed by atoms with Crippen molar-refractivity contribution in [2.24, 2.45) is 0 Å². The monoisotopic (exact) mass is 510 g/mol. The number of carbonyl (C=O) groups excluding carboxylic acids is 2. The molecular weight excluding hydrogens is 488 g/mol. The SMILES string of the molecule is O=C(OCCOc1ccc(C(=O)c2c(-c3ccc(O)cc3)sc3cc(O)ccc23)cc1)c1ccccc1. The van der Waals surface area contributed by atoms with Crippen LogP contribution in [0, 0.1) is 0 Å². The molecule has 0 fully saturated rings. The molecule has 5 rings (SSSR count). The summed E-state index contributed by atoms with van der Waals surface area (Å²) in [6.07, 6.45) is 0. The lowest BCUT2D eigenvalue weighted by atomic mass is 9.97. The quantitative estimate of drug-likeness (QED) is 0.142. The van der Waals surface area contributed by atoms with Crippen LogP contribution in [0.4, 0.5) is 0 Å². The molecule has 0 unspecified atom stereocenters. The standard InChI is InChI=1S/C30H22O6S/c31-22-10-6-20(7-11-22)29-27(25-15-12-23(32)18-26(25)37-29)28(33)19-8-13-24(14-9-19)35-16-17-36-30(34)21-4-2-1-3-5-21/h1-15,18,31-32H,16-17H2. The number of fused-ring (bicyclic) bond motifs is 1. The summed E-state index contributed by atoms with van der Waals surface area (Å²) in [4.78, 5) is 26.4. The molecule has 37 heavy (non-hydrogen) atoms. The van der Waals surface area contributed by atoms with E-state index in [-0.39, 0.29) is 30.5 Å². The van der Waals surface area contributed by atoms with E-state index in [0.29, 0.717) is 22.4 Å². The van der Waals surface area contributed by atoms with Gasteiger partial charge >= 0.3 is 5.97 Å². The average molecular weight is 511 g/mol. The molecule has 5 aromatic rings. The molecule has 0 aliphatic heterocycles. The van der Waals surface area contributed by atoms with Crippen molar-refractivity contribution in [3.05, 3.63) is 114 Å². The summed E-state index contributed by atoms with van der Waals surface area (Å²) in [6.45, 7) is 0.271. The van der Waals surface area contributed by atoms with Gasteiger partial charge in [0, 0.05) is 26.1 Å². The number of hydrogen-bond donors (Lipinski definition) is 2. The Morgan fingerprint density at radius 1 is 0.730 bits per heavy atom. The Bertz CT molecular complexity index is 1550. The highest BCUT2D eigenvalue weighted by Gasteiger charge is 2.22. The van der Waals surface area contributed by atoms with Gasteiger partial charge in [-0.3, -0.25) is 4.79 Å². The van der Waals surface area contributed by atoms with Gasteiger partial charge in [-0.1, -0.05) is 18.2 Å². The van der Waals surface area contributed by atoms with E-state index in [4.69, 9.17) is 9.47 Å². The maximum absolute atomic E-state index is 13.6. The Labute approximate surface area is 217 Å². The van der Waals surface area contributed by atoms with Crippen molar-refractivity contribution in [2.75, 3.05) is 13.2 Å². The molecule has 0 saturated heterocycles. The number of benzene rings is 4. The van der Waals surface area contributed by atoms with Crippen LogP contribution in [0.3, 0.4) is 0 Å². The molecular formula is C30H22O6S. The number of rotatable bonds is 8. The van der Waals surface area contributed by atoms with E-state index in [1.807, 2.05) is 6.07 Å². The molecule has 7 heteroatoms. The zero-order valence-electron chi connectivity index (χ0n) is 19.6. The summed E-state index contributed by atoms with van der Waals surface area (Å²) in [7, 11) is 0. The van der Waals surface area contributed by atoms with Crippen LogP contribution in [-0.2, 0) is 4.74 Å². The molecule has 0 radical (unpaired) electrons. The molecule has 6 nitrogen and oxygen atoms in total. The van der Waals surface area contributed by atoms with Crippen LogP contribution >= 0.6 is 11.3 Å². The van der Waals surface area contributed by atoms with Gasteiger partial charge in [-0.05, 0) is 84.4 Å². The zero-order chi connectivity index (χ0) is 25.8. The molecule has 0 aliphatic carbocycles. The molecule has 0 saturated carbocycles. The Kier molecular flexibility index (Phi) is 6.87. The maximum Gasteiger partial charge on any atom is 0.338 e. The molecule has 0 atom stereocenters. The second-order valence-electron chi connectivity index (χ2n) is 8.24. The number of phenolic OH excluding ortho intramolecular Hbond substituents is 2. The van der Waals surface area contributed by atoms with Crippen molar-refractivity contribution in [3.63, 3.8) is 0 Å². The normalized spacial score (nSPS) is 10.8. The summed E-state index contributed by atoms with van der Waals surface area (Å²) >= 11 is 1.41. The molecule has 1 heterocycles. The van der Waals surface area contributed by atoms with Crippen molar-refractivity contribution in [2.45, 2.75) is 0 Å². The third-order valence-electron chi connectivity index (χ3n) is 5.74. The van der Waals surface area contributed by atoms with E-state index in [0.717, 1.165) is 20.5 Å². The zero-order valence-corrected chi connectivity index (χ0v) is 20.4. The van der Waals surface area contributed by atoms with Crippen LogP contribution in [0.5, 0.6) is 17.2 Å². The van der Waals surface area contributed by atoms with Crippen LogP contribution in [0.15, 0.2) is 97.1 Å². The second-order valence-corrected chi connectivity index (χ2v) is 9.29. The molecule has 184 valence electrons. The van der Waals surface area contributed by atoms with Gasteiger partial charge < -0.3 is 19.7 Å². The number of phenols is 2. The van der Waals surface area contributed by atoms with Gasteiger partial charge in [0.1, 0.15) is 30.5 Å². The van der Waals surface area contributed by atoms with Crippen molar-refractivity contribution >= 4 is 33.2 Å². The fourth-order valence-electron chi connectivity index (χ4n) is 3.93. The first kappa shape index (κ1) is 24.1. The van der Waals surface area contributed by atoms with Gasteiger partial charge in [0.15, 0.2) is 5.78 Å². The summed E-state index contributed by atoms with van der Waals surface area (Å²) in [5, 5.41) is 20.4. The molecule has 0 aliphatic rings. The Hall–Kier alpha value is -4.62. The number of thiophene rings is 1. The minimum Gasteiger partial charge on any atom is -0.508 e. The fourth-order valence-corrected chi connectivity index (χ4v) is 5.16. The van der Waals surface area contributed by atoms with Crippen molar-refractivity contribution < 1.29 is 29.3 Å². The first-order valence-electron chi connectivity index (χ1n) is 11.5. The smallest absolute Gasteiger partial charge is 0.338 e. The predicted octanol–water partition coefficient (Wildman–Crippen LogP) is 6.45. The average Bonchev–Trinajstić information content (AvgIpc) is 3.30. The van der Waals surface area contributed by atoms with Crippen molar-refractivity contribution in [3.8, 4) is 27.7 Å². The van der Waals surface area contributed by atoms with Crippen LogP contribution in [0.25, 0.3) is 20.5 Å². The molecule has 2 N–H and O–H groups in total. The van der Waals surface area contributed by atoms with Gasteiger partial charge in [-0.25, -0.2) is 4.79 Å². The van der Waals surface area contributed by atoms with Gasteiger partial charge in [0.2, 0.25) is 0 Å². The van der Waals surface area contributed by atoms with E-state index in [2.05, 4.69) is 0 Å². The number of hydrogen-bond acceptors (Lipinski definition) is 7. The van der Waals surface area contributed by atoms with Crippen LogP contribution < -0.4 is 4.74 Å². The van der Waals surface area contributed by atoms with E-state index in [9.17, 15) is 19.8 Å². The maximum atomic E-state index is 13.6. The Balaban J connectivity index is 1.32. The highest BCUT2D eigenvalue weighted by atomic mass is 32.1. The van der Waals surface area contributed by atoms with Crippen molar-refractivity contribution in [1.82, 2.24) is 0 Å². The topological polar surface area (TPSA) is 93.1 Å². The highest BCUT2D eigenvalue weighted by molar-refractivity contribution is 7.22. The summed E-state index contributed by atoms with van der Waals surface area (Å²) in [5.41, 5.74) is 2.29. The van der Waals surface area contributed by atoms with E-state index in [1.165, 1.54) is 11.3 Å². The van der Waals surface area contributed by atoms with Crippen molar-refractivity contribution in [1.29, 1.82) is 0 Å². The molecule has 0 spiro atoms. The minimum atomic E-state index is -0.411. The number of carbonyl (C=O) groups is 2. The fraction of sp³-hybridized carbons (Fsp3) is 0.0667. The third-order valence-corrected chi connectivity index (χ3v) is 6.94. The summed E-state index contributed by atoms with van der Waals surface area (Å²) in [6, 6.07) is 27.2. The third kappa shape index (κ3) is 5.32. The number of esters is 1. The Morgan fingerprint density at radius 2 is 1.43 bits per heavy atom. The highest BCUT2D eigenvalue weighted by Crippen LogP contribution is 2.41. The summed E-state index contributed by atoms with van der Waals surface area (Å²) < 4.78 is 11.7. The predicted molar refractivity (Wildman–Crippen MR) is 143 cm³/mol. The lowest BCUT2D eigenvalue weighted by Crippen LogP contribution is -2.12. The Morgan fingerprint density at radius 3 is 2.16 bits per heavy atom. The van der Waals surface area contributed by atoms with Gasteiger partial charge in [0.25, 0.3) is 0 Å². The number of aromatic hydroxyl groups is 2.